The van der Waals surface area contributed by atoms with Gasteiger partial charge in [0.25, 0.3) is 0 Å². The molecule has 4 amide bonds. The molecule has 0 spiro atoms. The summed E-state index contributed by atoms with van der Waals surface area (Å²) in [6.07, 6.45) is 2.26. The molecule has 0 bridgehead atoms. The Bertz CT molecular complexity index is 1250. The number of carbonyl (C=O) groups excluding carboxylic acids is 4. The van der Waals surface area contributed by atoms with Crippen LogP contribution < -0.4 is 21.7 Å². The van der Waals surface area contributed by atoms with Gasteiger partial charge in [0.2, 0.25) is 17.7 Å². The summed E-state index contributed by atoms with van der Waals surface area (Å²) in [5.74, 6) is -3.12. The second-order valence-corrected chi connectivity index (χ2v) is 11.5. The van der Waals surface area contributed by atoms with Crippen molar-refractivity contribution in [2.24, 2.45) is 11.7 Å². The van der Waals surface area contributed by atoms with Gasteiger partial charge >= 0.3 is 12.1 Å². The van der Waals surface area contributed by atoms with E-state index in [1.807, 2.05) is 36.4 Å². The van der Waals surface area contributed by atoms with Crippen LogP contribution in [0, 0.1) is 5.92 Å². The van der Waals surface area contributed by atoms with Crippen molar-refractivity contribution in [1.29, 1.82) is 0 Å². The number of rotatable bonds is 17. The third-order valence-corrected chi connectivity index (χ3v) is 7.93. The molecule has 0 aliphatic heterocycles. The van der Waals surface area contributed by atoms with E-state index in [4.69, 9.17) is 10.5 Å². The number of hydrogen-bond acceptors (Lipinski definition) is 7. The molecular weight excluding hydrogens is 580 g/mol. The fourth-order valence-electron chi connectivity index (χ4n) is 5.46. The minimum Gasteiger partial charge on any atom is -0.481 e. The van der Waals surface area contributed by atoms with Crippen LogP contribution >= 0.6 is 0 Å². The summed E-state index contributed by atoms with van der Waals surface area (Å²) in [4.78, 5) is 62.3. The molecule has 12 heteroatoms. The number of benzene rings is 2. The number of nitrogens with two attached hydrogens (primary N) is 1. The third kappa shape index (κ3) is 13.0. The average molecular weight is 625 g/mol. The number of carboxylic acids is 1. The molecule has 2 aromatic rings. The number of ether oxygens (including phenoxy) is 1. The Morgan fingerprint density at radius 1 is 0.844 bits per heavy atom. The first kappa shape index (κ1) is 35.0. The smallest absolute Gasteiger partial charge is 0.407 e. The Kier molecular flexibility index (Phi) is 14.3. The van der Waals surface area contributed by atoms with Crippen molar-refractivity contribution in [3.63, 3.8) is 0 Å². The van der Waals surface area contributed by atoms with E-state index in [-0.39, 0.29) is 25.4 Å². The predicted octanol–water partition coefficient (Wildman–Crippen LogP) is 2.57. The lowest BCUT2D eigenvalue weighted by atomic mass is 9.84. The molecule has 12 nitrogen and oxygen atoms in total. The van der Waals surface area contributed by atoms with E-state index in [1.54, 1.807) is 24.3 Å². The Labute approximate surface area is 263 Å². The molecule has 244 valence electrons. The second-order valence-electron chi connectivity index (χ2n) is 11.5. The summed E-state index contributed by atoms with van der Waals surface area (Å²) in [7, 11) is 0. The number of alkyl carbamates (subject to hydrolysis) is 1. The fraction of sp³-hybridized carbons (Fsp3) is 0.485. The molecule has 1 fully saturated rings. The number of hydrogen-bond donors (Lipinski definition) is 6. The summed E-state index contributed by atoms with van der Waals surface area (Å²) in [5.41, 5.74) is 7.13. The van der Waals surface area contributed by atoms with E-state index in [2.05, 4.69) is 16.0 Å². The molecule has 0 radical (unpaired) electrons. The van der Waals surface area contributed by atoms with Crippen LogP contribution in [0.25, 0.3) is 0 Å². The highest BCUT2D eigenvalue weighted by Crippen LogP contribution is 2.27. The van der Waals surface area contributed by atoms with Crippen molar-refractivity contribution in [3.8, 4) is 0 Å². The zero-order valence-corrected chi connectivity index (χ0v) is 25.4. The van der Waals surface area contributed by atoms with Crippen molar-refractivity contribution in [3.05, 3.63) is 71.8 Å². The van der Waals surface area contributed by atoms with Gasteiger partial charge in [-0.1, -0.05) is 92.8 Å². The highest BCUT2D eigenvalue weighted by Gasteiger charge is 2.30. The van der Waals surface area contributed by atoms with E-state index in [0.717, 1.165) is 43.2 Å². The van der Waals surface area contributed by atoms with Gasteiger partial charge in [-0.05, 0) is 36.3 Å². The van der Waals surface area contributed by atoms with Crippen LogP contribution in [0.4, 0.5) is 4.79 Å². The van der Waals surface area contributed by atoms with Crippen LogP contribution in [0.2, 0.25) is 0 Å². The van der Waals surface area contributed by atoms with E-state index in [9.17, 15) is 34.2 Å². The maximum absolute atomic E-state index is 13.2. The highest BCUT2D eigenvalue weighted by atomic mass is 16.5. The van der Waals surface area contributed by atoms with Gasteiger partial charge in [-0.15, -0.1) is 0 Å². The maximum atomic E-state index is 13.2. The Balaban J connectivity index is 1.64. The molecule has 45 heavy (non-hydrogen) atoms. The minimum atomic E-state index is -1.39. The van der Waals surface area contributed by atoms with Crippen molar-refractivity contribution in [2.75, 3.05) is 0 Å². The lowest BCUT2D eigenvalue weighted by Gasteiger charge is -2.27. The van der Waals surface area contributed by atoms with Gasteiger partial charge in [-0.25, -0.2) is 4.79 Å². The molecule has 7 N–H and O–H groups in total. The molecule has 0 saturated heterocycles. The number of primary amides is 1. The molecule has 1 saturated carbocycles. The first-order valence-corrected chi connectivity index (χ1v) is 15.4. The maximum Gasteiger partial charge on any atom is 0.407 e. The molecular formula is C33H44N4O8. The number of aliphatic hydroxyl groups is 1. The van der Waals surface area contributed by atoms with Gasteiger partial charge in [-0.3, -0.25) is 19.2 Å². The second kappa shape index (κ2) is 18.4. The molecule has 0 heterocycles. The lowest BCUT2D eigenvalue weighted by Crippen LogP contribution is -2.54. The monoisotopic (exact) mass is 624 g/mol. The van der Waals surface area contributed by atoms with Crippen LogP contribution in [0.3, 0.4) is 0 Å². The first-order chi connectivity index (χ1) is 21.6. The molecule has 2 aromatic carbocycles. The van der Waals surface area contributed by atoms with Gasteiger partial charge in [0.05, 0.1) is 18.6 Å². The first-order valence-electron chi connectivity index (χ1n) is 15.4. The van der Waals surface area contributed by atoms with Crippen molar-refractivity contribution < 1.29 is 38.9 Å². The zero-order chi connectivity index (χ0) is 32.6. The summed E-state index contributed by atoms with van der Waals surface area (Å²) in [5, 5.41) is 28.0. The lowest BCUT2D eigenvalue weighted by molar-refractivity contribution is -0.138. The summed E-state index contributed by atoms with van der Waals surface area (Å²) < 4.78 is 5.30. The molecule has 4 atom stereocenters. The van der Waals surface area contributed by atoms with Crippen LogP contribution in [0.5, 0.6) is 0 Å². The molecule has 1 aliphatic rings. The number of nitrogens with one attached hydrogen (secondary N) is 3. The fourth-order valence-corrected chi connectivity index (χ4v) is 5.46. The number of aliphatic carboxylic acids is 1. The summed E-state index contributed by atoms with van der Waals surface area (Å²) >= 11 is 0. The Morgan fingerprint density at radius 2 is 1.47 bits per heavy atom. The van der Waals surface area contributed by atoms with E-state index >= 15 is 0 Å². The predicted molar refractivity (Wildman–Crippen MR) is 165 cm³/mol. The highest BCUT2D eigenvalue weighted by molar-refractivity contribution is 5.92. The summed E-state index contributed by atoms with van der Waals surface area (Å²) in [6.45, 7) is 0.00865. The average Bonchev–Trinajstić information content (AvgIpc) is 3.02. The molecule has 0 aromatic heterocycles. The van der Waals surface area contributed by atoms with Crippen molar-refractivity contribution >= 4 is 29.8 Å². The van der Waals surface area contributed by atoms with Gasteiger partial charge < -0.3 is 36.6 Å². The largest absolute Gasteiger partial charge is 0.481 e. The standard InChI is InChI=1S/C33H44N4O8/c34-31(42)27(19-23-12-6-2-7-13-23)36-32(43)25(16-17-30(40)41)35-29(39)20-28(38)26(18-22-10-4-1-5-11-22)37-33(44)45-21-24-14-8-3-9-15-24/h1,3-5,8-11,14-15,23,25-28,38H,2,6-7,12-13,16-21H2,(H2,34,42)(H,35,39)(H,36,43)(H,37,44)(H,40,41)/t25-,26-,27-,28-/m0/s1. The van der Waals surface area contributed by atoms with Gasteiger partial charge in [0, 0.05) is 6.42 Å². The van der Waals surface area contributed by atoms with E-state index in [0.29, 0.717) is 6.42 Å². The SMILES string of the molecule is NC(=O)[C@H](CC1CCCCC1)NC(=O)[C@H](CCC(=O)O)NC(=O)C[C@H](O)[C@H](Cc1ccccc1)NC(=O)OCc1ccccc1. The normalized spacial score (nSPS) is 15.9. The van der Waals surface area contributed by atoms with Crippen LogP contribution in [0.1, 0.15) is 68.9 Å². The molecule has 1 aliphatic carbocycles. The van der Waals surface area contributed by atoms with Gasteiger partial charge in [0.15, 0.2) is 0 Å². The van der Waals surface area contributed by atoms with E-state index in [1.165, 1.54) is 0 Å². The number of amides is 4. The number of carboxylic acid groups (broad SMARTS) is 1. The van der Waals surface area contributed by atoms with Gasteiger partial charge in [0.1, 0.15) is 18.7 Å². The van der Waals surface area contributed by atoms with Crippen LogP contribution in [-0.4, -0.2) is 64.2 Å². The Morgan fingerprint density at radius 3 is 2.07 bits per heavy atom. The summed E-state index contributed by atoms with van der Waals surface area (Å²) in [6, 6.07) is 14.9. The molecule has 3 rings (SSSR count). The van der Waals surface area contributed by atoms with Gasteiger partial charge in [-0.2, -0.15) is 0 Å². The zero-order valence-electron chi connectivity index (χ0n) is 25.4. The Hall–Kier alpha value is -4.45. The number of carbonyl (C=O) groups is 5. The quantitative estimate of drug-likeness (QED) is 0.154. The topological polar surface area (TPSA) is 197 Å². The van der Waals surface area contributed by atoms with Crippen LogP contribution in [0.15, 0.2) is 60.7 Å². The van der Waals surface area contributed by atoms with E-state index < -0.39 is 66.9 Å². The minimum absolute atomic E-state index is 0.00865. The third-order valence-electron chi connectivity index (χ3n) is 7.93. The van der Waals surface area contributed by atoms with Crippen molar-refractivity contribution in [1.82, 2.24) is 16.0 Å². The molecule has 0 unspecified atom stereocenters. The van der Waals surface area contributed by atoms with Crippen LogP contribution in [-0.2, 0) is 36.9 Å². The number of aliphatic hydroxyl groups excluding tert-OH is 1. The van der Waals surface area contributed by atoms with Crippen molar-refractivity contribution in [2.45, 2.75) is 95.0 Å².